The minimum atomic E-state index is -1.91. The predicted octanol–water partition coefficient (Wildman–Crippen LogP) is 4.31. The lowest BCUT2D eigenvalue weighted by molar-refractivity contribution is -0.384. The van der Waals surface area contributed by atoms with Crippen LogP contribution in [0.2, 0.25) is 18.1 Å². The third-order valence-corrected chi connectivity index (χ3v) is 8.46. The van der Waals surface area contributed by atoms with E-state index >= 15 is 0 Å². The van der Waals surface area contributed by atoms with E-state index in [1.54, 1.807) is 0 Å². The van der Waals surface area contributed by atoms with Crippen molar-refractivity contribution in [2.45, 2.75) is 38.9 Å². The summed E-state index contributed by atoms with van der Waals surface area (Å²) in [4.78, 5) is 10.1. The van der Waals surface area contributed by atoms with E-state index < -0.39 is 30.6 Å². The molecule has 0 saturated heterocycles. The van der Waals surface area contributed by atoms with Gasteiger partial charge < -0.3 is 9.74 Å². The van der Waals surface area contributed by atoms with Crippen LogP contribution in [0.25, 0.3) is 0 Å². The van der Waals surface area contributed by atoms with Gasteiger partial charge in [-0.05, 0) is 18.1 Å². The smallest absolute Gasteiger partial charge is 0.295 e. The van der Waals surface area contributed by atoms with E-state index in [1.807, 2.05) is 0 Å². The normalized spacial score (nSPS) is 12.3. The van der Waals surface area contributed by atoms with Crippen LogP contribution in [-0.2, 0) is 4.43 Å². The highest BCUT2D eigenvalue weighted by Crippen LogP contribution is 2.36. The molecule has 0 heterocycles. The van der Waals surface area contributed by atoms with Gasteiger partial charge in [-0.3, -0.25) is 10.1 Å². The summed E-state index contributed by atoms with van der Waals surface area (Å²) in [7, 11) is -1.91. The number of nitro benzene ring substituents is 1. The molecule has 0 aliphatic carbocycles. The summed E-state index contributed by atoms with van der Waals surface area (Å²) in [5, 5.41) is 13.7. The molecule has 0 aliphatic rings. The summed E-state index contributed by atoms with van der Waals surface area (Å²) < 4.78 is 32.2. The fraction of sp³-hybridized carbons (Fsp3) is 0.571. The number of anilines is 1. The molecule has 0 saturated carbocycles. The average Bonchev–Trinajstić information content (AvgIpc) is 2.36. The van der Waals surface area contributed by atoms with Crippen molar-refractivity contribution in [2.75, 3.05) is 18.5 Å². The SMILES string of the molecule is CC(C)(C)[Si](C)(C)OCCNc1cc(F)c(F)cc1[N+](=O)[O-]. The summed E-state index contributed by atoms with van der Waals surface area (Å²) in [6.07, 6.45) is 0. The number of hydrogen-bond acceptors (Lipinski definition) is 4. The Morgan fingerprint density at radius 1 is 1.27 bits per heavy atom. The van der Waals surface area contributed by atoms with Gasteiger partial charge in [-0.2, -0.15) is 0 Å². The van der Waals surface area contributed by atoms with Crippen LogP contribution in [0.1, 0.15) is 20.8 Å². The zero-order valence-corrected chi connectivity index (χ0v) is 14.5. The topological polar surface area (TPSA) is 64.4 Å². The Hall–Kier alpha value is -1.54. The molecule has 1 aromatic rings. The Morgan fingerprint density at radius 3 is 2.32 bits per heavy atom. The fourth-order valence-electron chi connectivity index (χ4n) is 1.54. The van der Waals surface area contributed by atoms with Crippen LogP contribution < -0.4 is 5.32 Å². The standard InChI is InChI=1S/C14H22F2N2O3Si/c1-14(2,3)22(4,5)21-7-6-17-12-8-10(15)11(16)9-13(12)18(19)20/h8-9,17H,6-7H2,1-5H3. The van der Waals surface area contributed by atoms with Gasteiger partial charge in [-0.1, -0.05) is 20.8 Å². The van der Waals surface area contributed by atoms with E-state index in [-0.39, 0.29) is 17.3 Å². The molecule has 0 unspecified atom stereocenters. The number of nitrogens with one attached hydrogen (secondary N) is 1. The van der Waals surface area contributed by atoms with E-state index in [9.17, 15) is 18.9 Å². The van der Waals surface area contributed by atoms with E-state index in [0.29, 0.717) is 12.7 Å². The minimum absolute atomic E-state index is 0.0530. The first-order chi connectivity index (χ1) is 9.95. The fourth-order valence-corrected chi connectivity index (χ4v) is 2.58. The van der Waals surface area contributed by atoms with Crippen LogP contribution in [0.3, 0.4) is 0 Å². The highest BCUT2D eigenvalue weighted by molar-refractivity contribution is 6.74. The third kappa shape index (κ3) is 4.47. The number of rotatable bonds is 6. The summed E-state index contributed by atoms with van der Waals surface area (Å²) >= 11 is 0. The van der Waals surface area contributed by atoms with Crippen molar-refractivity contribution < 1.29 is 18.1 Å². The second kappa shape index (κ2) is 6.70. The van der Waals surface area contributed by atoms with Crippen molar-refractivity contribution >= 4 is 19.7 Å². The molecular formula is C14H22F2N2O3Si. The molecule has 0 aromatic heterocycles. The van der Waals surface area contributed by atoms with Gasteiger partial charge in [0, 0.05) is 12.6 Å². The highest BCUT2D eigenvalue weighted by atomic mass is 28.4. The Bertz CT molecular complexity index is 560. The van der Waals surface area contributed by atoms with Crippen molar-refractivity contribution in [2.24, 2.45) is 0 Å². The highest BCUT2D eigenvalue weighted by Gasteiger charge is 2.36. The number of hydrogen-bond donors (Lipinski definition) is 1. The van der Waals surface area contributed by atoms with Crippen molar-refractivity contribution in [3.05, 3.63) is 33.9 Å². The largest absolute Gasteiger partial charge is 0.415 e. The molecule has 1 N–H and O–H groups in total. The Morgan fingerprint density at radius 2 is 1.82 bits per heavy atom. The van der Waals surface area contributed by atoms with Crippen LogP contribution in [0.5, 0.6) is 0 Å². The summed E-state index contributed by atoms with van der Waals surface area (Å²) in [5.74, 6) is -2.37. The summed E-state index contributed by atoms with van der Waals surface area (Å²) in [6, 6.07) is 1.37. The number of nitrogens with zero attached hydrogens (tertiary/aromatic N) is 1. The van der Waals surface area contributed by atoms with Crippen LogP contribution >= 0.6 is 0 Å². The molecule has 0 spiro atoms. The van der Waals surface area contributed by atoms with Gasteiger partial charge >= 0.3 is 0 Å². The van der Waals surface area contributed by atoms with Crippen molar-refractivity contribution in [3.8, 4) is 0 Å². The van der Waals surface area contributed by atoms with Crippen molar-refractivity contribution in [1.82, 2.24) is 0 Å². The average molecular weight is 332 g/mol. The molecule has 0 radical (unpaired) electrons. The van der Waals surface area contributed by atoms with Crippen LogP contribution in [0, 0.1) is 21.7 Å². The molecule has 1 aromatic carbocycles. The molecule has 0 fully saturated rings. The van der Waals surface area contributed by atoms with Gasteiger partial charge in [0.25, 0.3) is 5.69 Å². The first-order valence-corrected chi connectivity index (χ1v) is 9.88. The zero-order chi connectivity index (χ0) is 17.1. The number of nitro groups is 1. The van der Waals surface area contributed by atoms with Crippen molar-refractivity contribution in [1.29, 1.82) is 0 Å². The predicted molar refractivity (Wildman–Crippen MR) is 84.7 cm³/mol. The van der Waals surface area contributed by atoms with Gasteiger partial charge in [-0.25, -0.2) is 8.78 Å². The van der Waals surface area contributed by atoms with Crippen LogP contribution in [-0.4, -0.2) is 26.4 Å². The first-order valence-electron chi connectivity index (χ1n) is 6.97. The van der Waals surface area contributed by atoms with Crippen LogP contribution in [0.15, 0.2) is 12.1 Å². The second-order valence-corrected chi connectivity index (χ2v) is 11.4. The summed E-state index contributed by atoms with van der Waals surface area (Å²) in [6.45, 7) is 11.1. The van der Waals surface area contributed by atoms with Gasteiger partial charge in [0.2, 0.25) is 0 Å². The molecule has 0 atom stereocenters. The van der Waals surface area contributed by atoms with Gasteiger partial charge in [0.1, 0.15) is 5.69 Å². The van der Waals surface area contributed by atoms with Gasteiger partial charge in [-0.15, -0.1) is 0 Å². The van der Waals surface area contributed by atoms with Gasteiger partial charge in [0.15, 0.2) is 20.0 Å². The Balaban J connectivity index is 2.70. The molecule has 5 nitrogen and oxygen atoms in total. The zero-order valence-electron chi connectivity index (χ0n) is 13.5. The van der Waals surface area contributed by atoms with Crippen molar-refractivity contribution in [3.63, 3.8) is 0 Å². The Kier molecular flexibility index (Phi) is 5.63. The minimum Gasteiger partial charge on any atom is -0.415 e. The van der Waals surface area contributed by atoms with Crippen LogP contribution in [0.4, 0.5) is 20.2 Å². The maximum absolute atomic E-state index is 13.2. The maximum atomic E-state index is 13.2. The first kappa shape index (κ1) is 18.5. The van der Waals surface area contributed by atoms with E-state index in [4.69, 9.17) is 4.43 Å². The molecule has 0 aliphatic heterocycles. The van der Waals surface area contributed by atoms with E-state index in [2.05, 4.69) is 39.2 Å². The third-order valence-electron chi connectivity index (χ3n) is 3.92. The lowest BCUT2D eigenvalue weighted by atomic mass is 10.2. The Labute approximate surface area is 130 Å². The molecule has 0 amide bonds. The van der Waals surface area contributed by atoms with Gasteiger partial charge in [0.05, 0.1) is 17.6 Å². The number of halogens is 2. The van der Waals surface area contributed by atoms with E-state index in [0.717, 1.165) is 6.07 Å². The number of benzene rings is 1. The molecule has 8 heteroatoms. The molecular weight excluding hydrogens is 310 g/mol. The molecule has 1 rings (SSSR count). The lowest BCUT2D eigenvalue weighted by Crippen LogP contribution is -2.41. The molecule has 0 bridgehead atoms. The summed E-state index contributed by atoms with van der Waals surface area (Å²) in [5.41, 5.74) is -0.547. The molecule has 124 valence electrons. The maximum Gasteiger partial charge on any atom is 0.295 e. The lowest BCUT2D eigenvalue weighted by Gasteiger charge is -2.36. The second-order valence-electron chi connectivity index (χ2n) is 6.58. The quantitative estimate of drug-likeness (QED) is 0.365. The monoisotopic (exact) mass is 332 g/mol. The molecule has 22 heavy (non-hydrogen) atoms. The van der Waals surface area contributed by atoms with E-state index in [1.165, 1.54) is 0 Å².